The minimum absolute atomic E-state index is 0.0542. The topological polar surface area (TPSA) is 46.3 Å². The van der Waals surface area contributed by atoms with Gasteiger partial charge in [0.05, 0.1) is 0 Å². The highest BCUT2D eigenvalue weighted by Gasteiger charge is 2.39. The lowest BCUT2D eigenvalue weighted by molar-refractivity contribution is -0.131. The Hall–Kier alpha value is -0.570. The molecule has 3 nitrogen and oxygen atoms in total. The van der Waals surface area contributed by atoms with E-state index >= 15 is 0 Å². The van der Waals surface area contributed by atoms with Crippen LogP contribution in [-0.4, -0.2) is 29.9 Å². The molecule has 0 bridgehead atoms. The van der Waals surface area contributed by atoms with E-state index in [1.807, 2.05) is 7.05 Å². The monoisotopic (exact) mass is 184 g/mol. The summed E-state index contributed by atoms with van der Waals surface area (Å²) in [5, 5.41) is 0. The molecule has 3 heteroatoms. The van der Waals surface area contributed by atoms with Crippen molar-refractivity contribution in [3.63, 3.8) is 0 Å². The molecule has 0 aliphatic heterocycles. The zero-order valence-corrected chi connectivity index (χ0v) is 8.84. The van der Waals surface area contributed by atoms with Crippen LogP contribution in [0.25, 0.3) is 0 Å². The van der Waals surface area contributed by atoms with Crippen LogP contribution in [-0.2, 0) is 4.79 Å². The number of nitrogens with two attached hydrogens (primary N) is 1. The van der Waals surface area contributed by atoms with Crippen LogP contribution in [0.2, 0.25) is 0 Å². The van der Waals surface area contributed by atoms with Crippen molar-refractivity contribution in [1.29, 1.82) is 0 Å². The number of hydrogen-bond acceptors (Lipinski definition) is 2. The molecule has 0 radical (unpaired) electrons. The third-order valence-corrected chi connectivity index (χ3v) is 2.45. The summed E-state index contributed by atoms with van der Waals surface area (Å²) >= 11 is 0. The molecule has 1 aliphatic carbocycles. The second-order valence-corrected chi connectivity index (χ2v) is 4.71. The first-order valence-corrected chi connectivity index (χ1v) is 4.96. The molecule has 13 heavy (non-hydrogen) atoms. The van der Waals surface area contributed by atoms with Crippen LogP contribution in [0.1, 0.15) is 33.1 Å². The molecule has 0 aromatic rings. The third-order valence-electron chi connectivity index (χ3n) is 2.45. The summed E-state index contributed by atoms with van der Waals surface area (Å²) < 4.78 is 0. The minimum Gasteiger partial charge on any atom is -0.344 e. The SMILES string of the molecule is CC(C)CC(=O)N(C)CC1(N)CC1. The van der Waals surface area contributed by atoms with Crippen LogP contribution < -0.4 is 5.73 Å². The van der Waals surface area contributed by atoms with Crippen molar-refractivity contribution in [2.24, 2.45) is 11.7 Å². The molecule has 1 amide bonds. The van der Waals surface area contributed by atoms with Gasteiger partial charge >= 0.3 is 0 Å². The van der Waals surface area contributed by atoms with E-state index in [-0.39, 0.29) is 11.4 Å². The maximum atomic E-state index is 11.5. The Morgan fingerprint density at radius 3 is 2.46 bits per heavy atom. The fourth-order valence-electron chi connectivity index (χ4n) is 1.38. The summed E-state index contributed by atoms with van der Waals surface area (Å²) in [5.74, 6) is 0.648. The zero-order valence-electron chi connectivity index (χ0n) is 8.84. The molecule has 1 rings (SSSR count). The van der Waals surface area contributed by atoms with Crippen molar-refractivity contribution in [1.82, 2.24) is 4.90 Å². The van der Waals surface area contributed by atoms with Crippen molar-refractivity contribution in [2.75, 3.05) is 13.6 Å². The molecule has 0 aromatic carbocycles. The van der Waals surface area contributed by atoms with Gasteiger partial charge in [-0.25, -0.2) is 0 Å². The van der Waals surface area contributed by atoms with Crippen molar-refractivity contribution in [3.05, 3.63) is 0 Å². The smallest absolute Gasteiger partial charge is 0.222 e. The largest absolute Gasteiger partial charge is 0.344 e. The second kappa shape index (κ2) is 3.66. The number of nitrogens with zero attached hydrogens (tertiary/aromatic N) is 1. The molecular weight excluding hydrogens is 164 g/mol. The van der Waals surface area contributed by atoms with E-state index in [9.17, 15) is 4.79 Å². The molecule has 1 aliphatic rings. The van der Waals surface area contributed by atoms with E-state index < -0.39 is 0 Å². The van der Waals surface area contributed by atoms with Gasteiger partial charge in [-0.3, -0.25) is 4.79 Å². The Kier molecular flexibility index (Phi) is 2.96. The van der Waals surface area contributed by atoms with Gasteiger partial charge in [0, 0.05) is 25.6 Å². The predicted octanol–water partition coefficient (Wildman–Crippen LogP) is 0.982. The molecular formula is C10H20N2O. The molecule has 1 fully saturated rings. The Morgan fingerprint density at radius 2 is 2.08 bits per heavy atom. The number of carbonyl (C=O) groups excluding carboxylic acids is 1. The Balaban J connectivity index is 2.29. The highest BCUT2D eigenvalue weighted by molar-refractivity contribution is 5.76. The molecule has 76 valence electrons. The van der Waals surface area contributed by atoms with Crippen LogP contribution >= 0.6 is 0 Å². The Labute approximate surface area is 80.3 Å². The summed E-state index contributed by atoms with van der Waals surface area (Å²) in [6.45, 7) is 4.83. The van der Waals surface area contributed by atoms with Gasteiger partial charge in [-0.15, -0.1) is 0 Å². The lowest BCUT2D eigenvalue weighted by atomic mass is 10.1. The van der Waals surface area contributed by atoms with Crippen molar-refractivity contribution in [3.8, 4) is 0 Å². The number of rotatable bonds is 4. The van der Waals surface area contributed by atoms with Gasteiger partial charge in [-0.1, -0.05) is 13.8 Å². The summed E-state index contributed by atoms with van der Waals surface area (Å²) in [7, 11) is 1.84. The Bertz CT molecular complexity index is 197. The summed E-state index contributed by atoms with van der Waals surface area (Å²) in [4.78, 5) is 13.3. The number of likely N-dealkylation sites (N-methyl/N-ethyl adjacent to an activating group) is 1. The zero-order chi connectivity index (χ0) is 10.1. The average Bonchev–Trinajstić information content (AvgIpc) is 2.66. The van der Waals surface area contributed by atoms with Crippen molar-refractivity contribution in [2.45, 2.75) is 38.6 Å². The summed E-state index contributed by atoms with van der Waals surface area (Å²) in [5.41, 5.74) is 5.87. The van der Waals surface area contributed by atoms with Gasteiger partial charge < -0.3 is 10.6 Å². The lowest BCUT2D eigenvalue weighted by Crippen LogP contribution is -2.40. The molecule has 0 atom stereocenters. The van der Waals surface area contributed by atoms with E-state index in [4.69, 9.17) is 5.73 Å². The highest BCUT2D eigenvalue weighted by Crippen LogP contribution is 2.32. The normalized spacial score (nSPS) is 18.8. The first-order chi connectivity index (χ1) is 5.93. The minimum atomic E-state index is -0.0542. The van der Waals surface area contributed by atoms with E-state index in [0.29, 0.717) is 12.3 Å². The molecule has 0 saturated heterocycles. The van der Waals surface area contributed by atoms with Crippen LogP contribution in [0, 0.1) is 5.92 Å². The summed E-state index contributed by atoms with van der Waals surface area (Å²) in [6.07, 6.45) is 2.76. The maximum absolute atomic E-state index is 11.5. The van der Waals surface area contributed by atoms with Gasteiger partial charge in [-0.05, 0) is 18.8 Å². The van der Waals surface area contributed by atoms with Crippen LogP contribution in [0.3, 0.4) is 0 Å². The van der Waals surface area contributed by atoms with Crippen LogP contribution in [0.4, 0.5) is 0 Å². The molecule has 1 saturated carbocycles. The number of amides is 1. The van der Waals surface area contributed by atoms with E-state index in [0.717, 1.165) is 19.4 Å². The molecule has 0 aromatic heterocycles. The molecule has 0 unspecified atom stereocenters. The van der Waals surface area contributed by atoms with Crippen molar-refractivity contribution < 1.29 is 4.79 Å². The van der Waals surface area contributed by atoms with E-state index in [2.05, 4.69) is 13.8 Å². The first kappa shape index (κ1) is 10.5. The fourth-order valence-corrected chi connectivity index (χ4v) is 1.38. The standard InChI is InChI=1S/C10H20N2O/c1-8(2)6-9(13)12(3)7-10(11)4-5-10/h8H,4-7,11H2,1-3H3. The van der Waals surface area contributed by atoms with Crippen molar-refractivity contribution >= 4 is 5.91 Å². The van der Waals surface area contributed by atoms with Gasteiger partial charge in [0.25, 0.3) is 0 Å². The van der Waals surface area contributed by atoms with Crippen LogP contribution in [0.5, 0.6) is 0 Å². The third kappa shape index (κ3) is 3.35. The quantitative estimate of drug-likeness (QED) is 0.708. The van der Waals surface area contributed by atoms with Gasteiger partial charge in [0.1, 0.15) is 0 Å². The van der Waals surface area contributed by atoms with Gasteiger partial charge in [0.2, 0.25) is 5.91 Å². The van der Waals surface area contributed by atoms with E-state index in [1.165, 1.54) is 0 Å². The summed E-state index contributed by atoms with van der Waals surface area (Å²) in [6, 6.07) is 0. The van der Waals surface area contributed by atoms with Gasteiger partial charge in [-0.2, -0.15) is 0 Å². The lowest BCUT2D eigenvalue weighted by Gasteiger charge is -2.21. The highest BCUT2D eigenvalue weighted by atomic mass is 16.2. The first-order valence-electron chi connectivity index (χ1n) is 4.96. The van der Waals surface area contributed by atoms with Crippen LogP contribution in [0.15, 0.2) is 0 Å². The predicted molar refractivity (Wildman–Crippen MR) is 53.2 cm³/mol. The Morgan fingerprint density at radius 1 is 1.54 bits per heavy atom. The average molecular weight is 184 g/mol. The second-order valence-electron chi connectivity index (χ2n) is 4.71. The number of hydrogen-bond donors (Lipinski definition) is 1. The van der Waals surface area contributed by atoms with E-state index in [1.54, 1.807) is 4.90 Å². The fraction of sp³-hybridized carbons (Fsp3) is 0.900. The molecule has 2 N–H and O–H groups in total. The number of carbonyl (C=O) groups is 1. The maximum Gasteiger partial charge on any atom is 0.222 e. The van der Waals surface area contributed by atoms with Gasteiger partial charge in [0.15, 0.2) is 0 Å². The molecule has 0 heterocycles. The molecule has 0 spiro atoms.